The highest BCUT2D eigenvalue weighted by Crippen LogP contribution is 2.32. The maximum Gasteiger partial charge on any atom is 0.262 e. The highest BCUT2D eigenvalue weighted by atomic mass is 16.2. The van der Waals surface area contributed by atoms with Crippen LogP contribution in [0, 0.1) is 0 Å². The third-order valence-electron chi connectivity index (χ3n) is 6.27. The number of carbonyl (C=O) groups is 2. The van der Waals surface area contributed by atoms with Crippen LogP contribution in [0.1, 0.15) is 84.9 Å². The van der Waals surface area contributed by atoms with E-state index in [2.05, 4.69) is 4.90 Å². The van der Waals surface area contributed by atoms with Crippen molar-refractivity contribution in [1.29, 1.82) is 0 Å². The number of benzene rings is 1. The van der Waals surface area contributed by atoms with Crippen molar-refractivity contribution in [3.05, 3.63) is 35.4 Å². The predicted molar refractivity (Wildman–Crippen MR) is 97.4 cm³/mol. The van der Waals surface area contributed by atoms with Crippen LogP contribution in [0.25, 0.3) is 0 Å². The lowest BCUT2D eigenvalue weighted by Crippen LogP contribution is -2.51. The van der Waals surface area contributed by atoms with Gasteiger partial charge in [0.25, 0.3) is 11.8 Å². The van der Waals surface area contributed by atoms with Gasteiger partial charge in [-0.1, -0.05) is 50.7 Å². The number of fused-ring (bicyclic) bond motifs is 1. The normalized spacial score (nSPS) is 22.7. The van der Waals surface area contributed by atoms with Crippen molar-refractivity contribution in [3.63, 3.8) is 0 Å². The van der Waals surface area contributed by atoms with Gasteiger partial charge in [-0.3, -0.25) is 19.4 Å². The lowest BCUT2D eigenvalue weighted by Gasteiger charge is -2.42. The Bertz CT molecular complexity index is 592. The summed E-state index contributed by atoms with van der Waals surface area (Å²) >= 11 is 0. The molecule has 1 heterocycles. The fourth-order valence-electron chi connectivity index (χ4n) is 4.89. The molecular weight excluding hydrogens is 312 g/mol. The van der Waals surface area contributed by atoms with Gasteiger partial charge in [0.05, 0.1) is 17.8 Å². The molecule has 1 aromatic rings. The van der Waals surface area contributed by atoms with Gasteiger partial charge in [-0.2, -0.15) is 0 Å². The van der Waals surface area contributed by atoms with E-state index in [-0.39, 0.29) is 11.8 Å². The molecule has 1 aliphatic heterocycles. The molecule has 134 valence electrons. The molecule has 3 aliphatic rings. The molecule has 25 heavy (non-hydrogen) atoms. The Morgan fingerprint density at radius 1 is 0.760 bits per heavy atom. The third-order valence-corrected chi connectivity index (χ3v) is 6.27. The zero-order valence-corrected chi connectivity index (χ0v) is 15.0. The molecule has 4 rings (SSSR count). The maximum atomic E-state index is 12.8. The molecule has 0 N–H and O–H groups in total. The van der Waals surface area contributed by atoms with Crippen molar-refractivity contribution in [2.75, 3.05) is 6.67 Å². The van der Waals surface area contributed by atoms with Gasteiger partial charge < -0.3 is 0 Å². The molecule has 0 aromatic heterocycles. The fourth-order valence-corrected chi connectivity index (χ4v) is 4.89. The standard InChI is InChI=1S/C21H28N2O2/c24-20-18-13-7-8-14-19(18)21(25)23(20)15-22(16-9-3-1-4-10-16)17-11-5-2-6-12-17/h7-8,13-14,16-17H,1-6,9-12,15H2. The summed E-state index contributed by atoms with van der Waals surface area (Å²) in [4.78, 5) is 29.6. The number of rotatable bonds is 4. The van der Waals surface area contributed by atoms with E-state index < -0.39 is 0 Å². The van der Waals surface area contributed by atoms with Crippen LogP contribution in [0.4, 0.5) is 0 Å². The molecule has 4 nitrogen and oxygen atoms in total. The molecule has 2 saturated carbocycles. The van der Waals surface area contributed by atoms with E-state index in [0.717, 1.165) is 0 Å². The molecule has 4 heteroatoms. The fraction of sp³-hybridized carbons (Fsp3) is 0.619. The molecule has 0 bridgehead atoms. The molecular formula is C21H28N2O2. The van der Waals surface area contributed by atoms with E-state index in [9.17, 15) is 9.59 Å². The molecule has 0 atom stereocenters. The van der Waals surface area contributed by atoms with E-state index in [0.29, 0.717) is 29.9 Å². The van der Waals surface area contributed by atoms with Crippen LogP contribution in [0.2, 0.25) is 0 Å². The lowest BCUT2D eigenvalue weighted by atomic mass is 9.89. The summed E-state index contributed by atoms with van der Waals surface area (Å²) in [5.41, 5.74) is 1.14. The van der Waals surface area contributed by atoms with Crippen molar-refractivity contribution in [3.8, 4) is 0 Å². The first-order valence-electron chi connectivity index (χ1n) is 9.96. The highest BCUT2D eigenvalue weighted by Gasteiger charge is 2.39. The zero-order chi connectivity index (χ0) is 17.2. The van der Waals surface area contributed by atoms with Crippen LogP contribution >= 0.6 is 0 Å². The number of hydrogen-bond donors (Lipinski definition) is 0. The van der Waals surface area contributed by atoms with E-state index in [1.54, 1.807) is 12.1 Å². The quantitative estimate of drug-likeness (QED) is 0.771. The smallest absolute Gasteiger partial charge is 0.262 e. The predicted octanol–water partition coefficient (Wildman–Crippen LogP) is 4.21. The van der Waals surface area contributed by atoms with Crippen molar-refractivity contribution in [2.24, 2.45) is 0 Å². The van der Waals surface area contributed by atoms with Gasteiger partial charge in [0.1, 0.15) is 0 Å². The van der Waals surface area contributed by atoms with E-state index in [1.807, 2.05) is 12.1 Å². The molecule has 2 aliphatic carbocycles. The number of amides is 2. The topological polar surface area (TPSA) is 40.6 Å². The summed E-state index contributed by atoms with van der Waals surface area (Å²) in [7, 11) is 0. The van der Waals surface area contributed by atoms with Crippen molar-refractivity contribution >= 4 is 11.8 Å². The number of imide groups is 1. The summed E-state index contributed by atoms with van der Waals surface area (Å²) in [6.07, 6.45) is 12.6. The first kappa shape index (κ1) is 16.8. The van der Waals surface area contributed by atoms with Crippen LogP contribution in [-0.4, -0.2) is 40.4 Å². The summed E-state index contributed by atoms with van der Waals surface area (Å²) in [6.45, 7) is 0.474. The molecule has 1 aromatic carbocycles. The van der Waals surface area contributed by atoms with E-state index in [1.165, 1.54) is 69.1 Å². The molecule has 2 fully saturated rings. The summed E-state index contributed by atoms with van der Waals surface area (Å²) < 4.78 is 0. The largest absolute Gasteiger partial charge is 0.280 e. The average molecular weight is 340 g/mol. The molecule has 2 amide bonds. The highest BCUT2D eigenvalue weighted by molar-refractivity contribution is 6.21. The Hall–Kier alpha value is -1.68. The minimum absolute atomic E-state index is 0.114. The van der Waals surface area contributed by atoms with Crippen molar-refractivity contribution in [1.82, 2.24) is 9.80 Å². The third kappa shape index (κ3) is 3.24. The summed E-state index contributed by atoms with van der Waals surface area (Å²) in [6, 6.07) is 8.30. The molecule has 0 unspecified atom stereocenters. The first-order valence-corrected chi connectivity index (χ1v) is 9.96. The van der Waals surface area contributed by atoms with Crippen LogP contribution in [0.15, 0.2) is 24.3 Å². The first-order chi connectivity index (χ1) is 12.3. The minimum atomic E-state index is -0.114. The summed E-state index contributed by atoms with van der Waals surface area (Å²) in [5.74, 6) is -0.227. The number of carbonyl (C=O) groups excluding carboxylic acids is 2. The van der Waals surface area contributed by atoms with Gasteiger partial charge in [-0.25, -0.2) is 0 Å². The Kier molecular flexibility index (Phi) is 4.89. The van der Waals surface area contributed by atoms with Crippen LogP contribution in [0.3, 0.4) is 0 Å². The second kappa shape index (κ2) is 7.28. The number of hydrogen-bond acceptors (Lipinski definition) is 3. The van der Waals surface area contributed by atoms with Crippen molar-refractivity contribution < 1.29 is 9.59 Å². The van der Waals surface area contributed by atoms with Gasteiger partial charge >= 0.3 is 0 Å². The molecule has 0 radical (unpaired) electrons. The van der Waals surface area contributed by atoms with Gasteiger partial charge in [0.2, 0.25) is 0 Å². The minimum Gasteiger partial charge on any atom is -0.280 e. The maximum absolute atomic E-state index is 12.8. The van der Waals surface area contributed by atoms with Gasteiger partial charge in [0, 0.05) is 12.1 Å². The number of nitrogens with zero attached hydrogens (tertiary/aromatic N) is 2. The van der Waals surface area contributed by atoms with Gasteiger partial charge in [0.15, 0.2) is 0 Å². The van der Waals surface area contributed by atoms with Gasteiger partial charge in [-0.05, 0) is 37.8 Å². The van der Waals surface area contributed by atoms with Gasteiger partial charge in [-0.15, -0.1) is 0 Å². The Balaban J connectivity index is 1.56. The van der Waals surface area contributed by atoms with Crippen molar-refractivity contribution in [2.45, 2.75) is 76.3 Å². The second-order valence-electron chi connectivity index (χ2n) is 7.82. The SMILES string of the molecule is O=C1c2ccccc2C(=O)N1CN(C1CCCCC1)C1CCCCC1. The Labute approximate surface area is 150 Å². The Morgan fingerprint density at radius 2 is 1.20 bits per heavy atom. The van der Waals surface area contributed by atoms with E-state index in [4.69, 9.17) is 0 Å². The average Bonchev–Trinajstić information content (AvgIpc) is 2.92. The van der Waals surface area contributed by atoms with E-state index >= 15 is 0 Å². The molecule has 0 spiro atoms. The Morgan fingerprint density at radius 3 is 1.64 bits per heavy atom. The van der Waals surface area contributed by atoms with Crippen LogP contribution in [0.5, 0.6) is 0 Å². The zero-order valence-electron chi connectivity index (χ0n) is 15.0. The molecule has 0 saturated heterocycles. The van der Waals surface area contributed by atoms with Crippen LogP contribution < -0.4 is 0 Å². The van der Waals surface area contributed by atoms with Crippen LogP contribution in [-0.2, 0) is 0 Å². The summed E-state index contributed by atoms with van der Waals surface area (Å²) in [5, 5.41) is 0. The second-order valence-corrected chi connectivity index (χ2v) is 7.82. The lowest BCUT2D eigenvalue weighted by molar-refractivity contribution is 0.0227. The monoisotopic (exact) mass is 340 g/mol.